The highest BCUT2D eigenvalue weighted by Crippen LogP contribution is 2.17. The van der Waals surface area contributed by atoms with Gasteiger partial charge in [-0.25, -0.2) is 0 Å². The second-order valence-corrected chi connectivity index (χ2v) is 7.96. The van der Waals surface area contributed by atoms with Crippen LogP contribution >= 0.6 is 11.8 Å². The summed E-state index contributed by atoms with van der Waals surface area (Å²) < 4.78 is 16.6. The number of nitrogens with zero attached hydrogens (tertiary/aromatic N) is 1. The summed E-state index contributed by atoms with van der Waals surface area (Å²) >= 11 is 0.922. The van der Waals surface area contributed by atoms with Crippen molar-refractivity contribution < 1.29 is 23.8 Å². The topological polar surface area (TPSA) is 122 Å². The molecule has 0 unspecified atom stereocenters. The van der Waals surface area contributed by atoms with Gasteiger partial charge in [-0.2, -0.15) is 5.26 Å². The van der Waals surface area contributed by atoms with Gasteiger partial charge in [-0.1, -0.05) is 31.8 Å². The van der Waals surface area contributed by atoms with Gasteiger partial charge in [-0.3, -0.25) is 9.59 Å². The van der Waals surface area contributed by atoms with E-state index in [1.807, 2.05) is 26.3 Å². The average Bonchev–Trinajstić information content (AvgIpc) is 2.80. The smallest absolute Gasteiger partial charge is 0.251 e. The van der Waals surface area contributed by atoms with E-state index in [9.17, 15) is 9.59 Å². The third-order valence-electron chi connectivity index (χ3n) is 3.86. The molecule has 1 aromatic carbocycles. The molecule has 180 valence electrons. The number of carbonyl (C=O) groups excluding carboxylic acids is 2. The molecule has 1 aromatic rings. The molecule has 0 aliphatic heterocycles. The van der Waals surface area contributed by atoms with Crippen molar-refractivity contribution in [2.75, 3.05) is 53.1 Å². The van der Waals surface area contributed by atoms with E-state index in [1.54, 1.807) is 24.3 Å². The van der Waals surface area contributed by atoms with Crippen LogP contribution in [0.5, 0.6) is 5.75 Å². The van der Waals surface area contributed by atoms with Crippen LogP contribution in [0.15, 0.2) is 24.3 Å². The van der Waals surface area contributed by atoms with E-state index in [0.29, 0.717) is 24.4 Å². The number of thioether (sulfide) groups is 1. The fourth-order valence-corrected chi connectivity index (χ4v) is 2.74. The van der Waals surface area contributed by atoms with E-state index in [-0.39, 0.29) is 50.7 Å². The maximum Gasteiger partial charge on any atom is 0.251 e. The molecule has 0 bridgehead atoms. The summed E-state index contributed by atoms with van der Waals surface area (Å²) in [6, 6.07) is 6.79. The molecule has 9 nitrogen and oxygen atoms in total. The number of carbonyl (C=O) groups is 2. The van der Waals surface area contributed by atoms with Gasteiger partial charge in [0.2, 0.25) is 5.91 Å². The molecule has 0 aliphatic carbocycles. The zero-order chi connectivity index (χ0) is 24.3. The molecule has 0 heterocycles. The van der Waals surface area contributed by atoms with Crippen LogP contribution in [0, 0.1) is 28.4 Å². The molecule has 2 amide bonds. The second kappa shape index (κ2) is 17.8. The monoisotopic (exact) mass is 476 g/mol. The predicted octanol–water partition coefficient (Wildman–Crippen LogP) is 1.36. The van der Waals surface area contributed by atoms with Crippen LogP contribution in [0.3, 0.4) is 0 Å². The second-order valence-electron chi connectivity index (χ2n) is 7.01. The summed E-state index contributed by atoms with van der Waals surface area (Å²) in [5, 5.41) is 19.4. The van der Waals surface area contributed by atoms with E-state index in [4.69, 9.17) is 19.5 Å². The van der Waals surface area contributed by atoms with Crippen LogP contribution in [0.1, 0.15) is 24.2 Å². The number of benzene rings is 1. The number of ether oxygens (including phenoxy) is 3. The molecular weight excluding hydrogens is 444 g/mol. The Morgan fingerprint density at radius 3 is 2.73 bits per heavy atom. The van der Waals surface area contributed by atoms with E-state index >= 15 is 0 Å². The number of rotatable bonds is 15. The number of hydrogen-bond donors (Lipinski definition) is 3. The highest BCUT2D eigenvalue weighted by Gasteiger charge is 2.12. The first kappa shape index (κ1) is 28.3. The third-order valence-corrected chi connectivity index (χ3v) is 4.50. The third kappa shape index (κ3) is 14.1. The van der Waals surface area contributed by atoms with Crippen LogP contribution in [0.25, 0.3) is 0 Å². The van der Waals surface area contributed by atoms with E-state index in [1.165, 1.54) is 0 Å². The Labute approximate surface area is 199 Å². The number of likely N-dealkylation sites (N-methyl/N-ethyl adjacent to an activating group) is 1. The minimum atomic E-state index is -0.549. The van der Waals surface area contributed by atoms with E-state index in [0.717, 1.165) is 11.8 Å². The summed E-state index contributed by atoms with van der Waals surface area (Å²) in [4.78, 5) is 23.8. The SMILES string of the molecule is CNCCNC(=O)c1cccc(OC[C@H](OCCOCC(=O)NCC#CC(C)C)SC#N)c1. The van der Waals surface area contributed by atoms with Crippen molar-refractivity contribution in [2.45, 2.75) is 19.3 Å². The quantitative estimate of drug-likeness (QED) is 0.150. The summed E-state index contributed by atoms with van der Waals surface area (Å²) in [6.07, 6.45) is 0. The van der Waals surface area contributed by atoms with Gasteiger partial charge >= 0.3 is 0 Å². The van der Waals surface area contributed by atoms with Crippen LogP contribution in [0.4, 0.5) is 0 Å². The van der Waals surface area contributed by atoms with E-state index < -0.39 is 5.44 Å². The van der Waals surface area contributed by atoms with Crippen molar-refractivity contribution in [3.8, 4) is 23.0 Å². The minimum absolute atomic E-state index is 0.0948. The molecule has 0 fully saturated rings. The lowest BCUT2D eigenvalue weighted by Gasteiger charge is -2.16. The standard InChI is InChI=1S/C23H32N4O5S/c1-18(2)6-5-9-26-21(28)15-30-12-13-31-22(33-17-24)16-32-20-8-4-7-19(14-20)23(29)27-11-10-25-3/h4,7-8,14,18,22,25H,9-13,15-16H2,1-3H3,(H,26,28)(H,27,29)/t22-/m1/s1. The summed E-state index contributed by atoms with van der Waals surface area (Å²) in [5.41, 5.74) is -0.0669. The number of thiocyanates is 1. The highest BCUT2D eigenvalue weighted by atomic mass is 32.2. The zero-order valence-corrected chi connectivity index (χ0v) is 20.1. The van der Waals surface area contributed by atoms with Crippen LogP contribution in [-0.4, -0.2) is 70.4 Å². The Kier molecular flexibility index (Phi) is 15.2. The van der Waals surface area contributed by atoms with Gasteiger partial charge in [-0.05, 0) is 37.0 Å². The van der Waals surface area contributed by atoms with Gasteiger partial charge in [0, 0.05) is 24.6 Å². The summed E-state index contributed by atoms with van der Waals surface area (Å²) in [6.45, 7) is 5.83. The highest BCUT2D eigenvalue weighted by molar-refractivity contribution is 8.04. The number of amides is 2. The predicted molar refractivity (Wildman–Crippen MR) is 128 cm³/mol. The molecular formula is C23H32N4O5S. The maximum absolute atomic E-state index is 12.1. The Hall–Kier alpha value is -2.76. The first-order chi connectivity index (χ1) is 16.0. The van der Waals surface area contributed by atoms with Crippen molar-refractivity contribution in [1.29, 1.82) is 5.26 Å². The molecule has 0 aromatic heterocycles. The van der Waals surface area contributed by atoms with Gasteiger partial charge in [0.25, 0.3) is 5.91 Å². The lowest BCUT2D eigenvalue weighted by atomic mass is 10.2. The van der Waals surface area contributed by atoms with Crippen molar-refractivity contribution in [3.63, 3.8) is 0 Å². The fraction of sp³-hybridized carbons (Fsp3) is 0.522. The zero-order valence-electron chi connectivity index (χ0n) is 19.3. The lowest BCUT2D eigenvalue weighted by molar-refractivity contribution is -0.126. The Balaban J connectivity index is 2.34. The molecule has 33 heavy (non-hydrogen) atoms. The van der Waals surface area contributed by atoms with Crippen molar-refractivity contribution >= 4 is 23.6 Å². The lowest BCUT2D eigenvalue weighted by Crippen LogP contribution is -2.30. The minimum Gasteiger partial charge on any atom is -0.490 e. The number of nitriles is 1. The molecule has 0 spiro atoms. The number of hydrogen-bond acceptors (Lipinski definition) is 8. The van der Waals surface area contributed by atoms with Crippen LogP contribution < -0.4 is 20.7 Å². The largest absolute Gasteiger partial charge is 0.490 e. The summed E-state index contributed by atoms with van der Waals surface area (Å²) in [7, 11) is 1.81. The first-order valence-corrected chi connectivity index (χ1v) is 11.5. The van der Waals surface area contributed by atoms with Crippen molar-refractivity contribution in [2.24, 2.45) is 5.92 Å². The molecule has 1 atom stereocenters. The average molecular weight is 477 g/mol. The fourth-order valence-electron chi connectivity index (χ4n) is 2.32. The van der Waals surface area contributed by atoms with Gasteiger partial charge in [-0.15, -0.1) is 0 Å². The molecule has 0 radical (unpaired) electrons. The van der Waals surface area contributed by atoms with Crippen LogP contribution in [0.2, 0.25) is 0 Å². The molecule has 10 heteroatoms. The summed E-state index contributed by atoms with van der Waals surface area (Å²) in [5.74, 6) is 6.13. The molecule has 1 rings (SSSR count). The van der Waals surface area contributed by atoms with Crippen molar-refractivity contribution in [3.05, 3.63) is 29.8 Å². The van der Waals surface area contributed by atoms with Gasteiger partial charge in [0.15, 0.2) is 5.44 Å². The Morgan fingerprint density at radius 1 is 1.18 bits per heavy atom. The first-order valence-electron chi connectivity index (χ1n) is 10.6. The number of nitrogens with one attached hydrogen (secondary N) is 3. The molecule has 3 N–H and O–H groups in total. The Morgan fingerprint density at radius 2 is 2.00 bits per heavy atom. The molecule has 0 saturated heterocycles. The maximum atomic E-state index is 12.1. The molecule has 0 aliphatic rings. The van der Waals surface area contributed by atoms with Gasteiger partial charge in [0.1, 0.15) is 24.4 Å². The molecule has 0 saturated carbocycles. The van der Waals surface area contributed by atoms with Gasteiger partial charge in [0.05, 0.1) is 19.8 Å². The Bertz CT molecular complexity index is 832. The normalized spacial score (nSPS) is 11.1. The van der Waals surface area contributed by atoms with Crippen LogP contribution in [-0.2, 0) is 14.3 Å². The van der Waals surface area contributed by atoms with Gasteiger partial charge < -0.3 is 30.2 Å². The van der Waals surface area contributed by atoms with E-state index in [2.05, 4.69) is 27.8 Å². The van der Waals surface area contributed by atoms with Crippen molar-refractivity contribution in [1.82, 2.24) is 16.0 Å².